The normalized spacial score (nSPS) is 18.5. The van der Waals surface area contributed by atoms with Crippen molar-refractivity contribution in [1.29, 1.82) is 5.41 Å². The van der Waals surface area contributed by atoms with Crippen molar-refractivity contribution in [2.45, 2.75) is 77.8 Å². The van der Waals surface area contributed by atoms with Crippen molar-refractivity contribution in [3.63, 3.8) is 0 Å². The quantitative estimate of drug-likeness (QED) is 0.0458. The molecule has 1 aliphatic rings. The Hall–Kier alpha value is -3.99. The number of benzene rings is 1. The van der Waals surface area contributed by atoms with Gasteiger partial charge in [0.1, 0.15) is 10.6 Å². The zero-order chi connectivity index (χ0) is 34.6. The lowest BCUT2D eigenvalue weighted by Gasteiger charge is -2.30. The first kappa shape index (κ1) is 38.2. The molecule has 1 aromatic rings. The summed E-state index contributed by atoms with van der Waals surface area (Å²) < 4.78 is 23.1. The Kier molecular flexibility index (Phi) is 14.6. The molecule has 0 radical (unpaired) electrons. The lowest BCUT2D eigenvalue weighted by molar-refractivity contribution is -0.119. The van der Waals surface area contributed by atoms with Gasteiger partial charge in [0, 0.05) is 44.3 Å². The minimum atomic E-state index is -0.998. The zero-order valence-electron chi connectivity index (χ0n) is 28.5. The zero-order valence-corrected chi connectivity index (χ0v) is 29.4. The molecular weight excluding hydrogens is 604 g/mol. The maximum atomic E-state index is 13.4. The lowest BCUT2D eigenvalue weighted by atomic mass is 10.1. The molecule has 0 aliphatic carbocycles. The molecule has 0 spiro atoms. The fraction of sp³-hybridized carbons (Fsp3) is 0.486. The monoisotopic (exact) mass is 654 g/mol. The summed E-state index contributed by atoms with van der Waals surface area (Å²) in [5.74, 6) is 1.82. The molecule has 1 aromatic carbocycles. The topological polar surface area (TPSA) is 123 Å². The Labute approximate surface area is 279 Å². The molecule has 0 aromatic heterocycles. The molecule has 3 atom stereocenters. The van der Waals surface area contributed by atoms with Gasteiger partial charge in [-0.2, -0.15) is 0 Å². The molecule has 10 nitrogen and oxygen atoms in total. The van der Waals surface area contributed by atoms with Crippen LogP contribution in [0.15, 0.2) is 64.6 Å². The van der Waals surface area contributed by atoms with E-state index in [0.717, 1.165) is 22.3 Å². The molecule has 46 heavy (non-hydrogen) atoms. The number of nitrogens with zero attached hydrogens (tertiary/aromatic N) is 2. The van der Waals surface area contributed by atoms with Gasteiger partial charge in [0.05, 0.1) is 39.5 Å². The predicted molar refractivity (Wildman–Crippen MR) is 188 cm³/mol. The summed E-state index contributed by atoms with van der Waals surface area (Å²) >= 11 is 4.58. The number of methoxy groups -OCH3 is 2. The number of rotatable bonds is 17. The van der Waals surface area contributed by atoms with Gasteiger partial charge in [-0.05, 0) is 70.4 Å². The summed E-state index contributed by atoms with van der Waals surface area (Å²) in [6.45, 7) is 20.0. The van der Waals surface area contributed by atoms with E-state index in [2.05, 4.69) is 36.1 Å². The SMILES string of the molecule is C=C(C)CC(C=NC(C)/C(C)=C\C(OC)=C(/C)OCCCOc1cc(C)c(C(=O)N2CC(=C)CC2(S)C=N)cc1OC)NC(C)=O. The van der Waals surface area contributed by atoms with Crippen LogP contribution in [0.5, 0.6) is 11.5 Å². The molecule has 1 fully saturated rings. The standard InChI is InChI=1S/C35H50N4O6S/c1-22(2)14-29(38-28(8)40)19-37-26(6)24(4)15-31(42-9)27(7)44-12-11-13-45-33-16-25(5)30(17-32(33)43-10)34(41)39-20-23(3)18-35(39,46)21-36/h15-17,19,21,26,29,36,46H,1,3,11-14,18,20H2,2,4-10H3,(H,38,40)/b24-15-,31-27-,36-21?,37-19?. The molecule has 1 aliphatic heterocycles. The van der Waals surface area contributed by atoms with E-state index in [9.17, 15) is 9.59 Å². The molecule has 0 saturated carbocycles. The number of allylic oxidation sites excluding steroid dienone is 2. The molecule has 252 valence electrons. The number of aryl methyl sites for hydroxylation is 1. The van der Waals surface area contributed by atoms with Gasteiger partial charge in [0.15, 0.2) is 17.3 Å². The number of nitrogens with one attached hydrogen (secondary N) is 2. The molecule has 1 saturated heterocycles. The van der Waals surface area contributed by atoms with Crippen LogP contribution in [-0.4, -0.2) is 80.1 Å². The summed E-state index contributed by atoms with van der Waals surface area (Å²) in [7, 11) is 3.12. The van der Waals surface area contributed by atoms with Gasteiger partial charge < -0.3 is 34.6 Å². The summed E-state index contributed by atoms with van der Waals surface area (Å²) in [6, 6.07) is 3.10. The third kappa shape index (κ3) is 10.8. The second kappa shape index (κ2) is 17.6. The summed E-state index contributed by atoms with van der Waals surface area (Å²) in [4.78, 5) is 30.1. The fourth-order valence-corrected chi connectivity index (χ4v) is 5.25. The van der Waals surface area contributed by atoms with E-state index in [4.69, 9.17) is 24.4 Å². The van der Waals surface area contributed by atoms with Gasteiger partial charge in [-0.3, -0.25) is 14.6 Å². The van der Waals surface area contributed by atoms with E-state index in [1.165, 1.54) is 20.2 Å². The van der Waals surface area contributed by atoms with Crippen molar-refractivity contribution in [2.24, 2.45) is 4.99 Å². The molecule has 1 heterocycles. The largest absolute Gasteiger partial charge is 0.494 e. The fourth-order valence-electron chi connectivity index (χ4n) is 4.86. The Balaban J connectivity index is 2.01. The number of hydrogen-bond acceptors (Lipinski definition) is 9. The van der Waals surface area contributed by atoms with Crippen molar-refractivity contribution in [1.82, 2.24) is 10.2 Å². The van der Waals surface area contributed by atoms with Crippen molar-refractivity contribution in [3.05, 3.63) is 70.7 Å². The van der Waals surface area contributed by atoms with Gasteiger partial charge in [-0.25, -0.2) is 0 Å². The number of amides is 2. The van der Waals surface area contributed by atoms with Crippen LogP contribution in [0.4, 0.5) is 0 Å². The van der Waals surface area contributed by atoms with Crippen LogP contribution in [0, 0.1) is 12.3 Å². The molecular formula is C35H50N4O6S. The predicted octanol–water partition coefficient (Wildman–Crippen LogP) is 6.22. The second-order valence-electron chi connectivity index (χ2n) is 11.7. The number of carbonyl (C=O) groups is 2. The average molecular weight is 655 g/mol. The van der Waals surface area contributed by atoms with E-state index in [1.807, 2.05) is 40.7 Å². The average Bonchev–Trinajstić information content (AvgIpc) is 3.31. The van der Waals surface area contributed by atoms with Gasteiger partial charge in [-0.1, -0.05) is 17.7 Å². The first-order valence-electron chi connectivity index (χ1n) is 15.2. The maximum absolute atomic E-state index is 13.4. The van der Waals surface area contributed by atoms with Crippen LogP contribution in [0.1, 0.15) is 69.8 Å². The lowest BCUT2D eigenvalue weighted by Crippen LogP contribution is -2.44. The summed E-state index contributed by atoms with van der Waals surface area (Å²) in [5, 5.41) is 10.7. The minimum absolute atomic E-state index is 0.116. The van der Waals surface area contributed by atoms with Crippen molar-refractivity contribution < 1.29 is 28.5 Å². The van der Waals surface area contributed by atoms with Crippen LogP contribution in [0.2, 0.25) is 0 Å². The molecule has 2 rings (SSSR count). The van der Waals surface area contributed by atoms with Gasteiger partial charge >= 0.3 is 0 Å². The number of thiol groups is 1. The highest BCUT2D eigenvalue weighted by Crippen LogP contribution is 2.37. The number of carbonyl (C=O) groups excluding carboxylic acids is 2. The summed E-state index contributed by atoms with van der Waals surface area (Å²) in [6.07, 6.45) is 6.48. The van der Waals surface area contributed by atoms with E-state index < -0.39 is 4.87 Å². The molecule has 11 heteroatoms. The van der Waals surface area contributed by atoms with Crippen molar-refractivity contribution in [3.8, 4) is 11.5 Å². The number of likely N-dealkylation sites (tertiary alicyclic amines) is 1. The van der Waals surface area contributed by atoms with Gasteiger partial charge in [-0.15, -0.1) is 19.2 Å². The van der Waals surface area contributed by atoms with Gasteiger partial charge in [0.2, 0.25) is 5.91 Å². The van der Waals surface area contributed by atoms with E-state index >= 15 is 0 Å². The molecule has 2 N–H and O–H groups in total. The third-order valence-electron chi connectivity index (χ3n) is 7.47. The number of aliphatic imine (C=N–C) groups is 1. The highest BCUT2D eigenvalue weighted by atomic mass is 32.1. The minimum Gasteiger partial charge on any atom is -0.494 e. The molecule has 2 amide bonds. The first-order chi connectivity index (χ1) is 21.6. The van der Waals surface area contributed by atoms with E-state index in [1.54, 1.807) is 30.4 Å². The van der Waals surface area contributed by atoms with Crippen LogP contribution in [-0.2, 0) is 14.3 Å². The van der Waals surface area contributed by atoms with Crippen LogP contribution in [0.3, 0.4) is 0 Å². The Morgan fingerprint density at radius 2 is 1.89 bits per heavy atom. The maximum Gasteiger partial charge on any atom is 0.255 e. The highest BCUT2D eigenvalue weighted by Gasteiger charge is 2.41. The van der Waals surface area contributed by atoms with Crippen LogP contribution in [0.25, 0.3) is 0 Å². The number of ether oxygens (including phenoxy) is 4. The summed E-state index contributed by atoms with van der Waals surface area (Å²) in [5.41, 5.74) is 3.95. The van der Waals surface area contributed by atoms with Crippen molar-refractivity contribution in [2.75, 3.05) is 34.0 Å². The smallest absolute Gasteiger partial charge is 0.255 e. The van der Waals surface area contributed by atoms with Crippen molar-refractivity contribution >= 4 is 36.9 Å². The van der Waals surface area contributed by atoms with Crippen LogP contribution < -0.4 is 14.8 Å². The van der Waals surface area contributed by atoms with E-state index in [-0.39, 0.29) is 23.9 Å². The van der Waals surface area contributed by atoms with Crippen LogP contribution >= 0.6 is 12.6 Å². The highest BCUT2D eigenvalue weighted by molar-refractivity contribution is 7.82. The molecule has 0 bridgehead atoms. The third-order valence-corrected chi connectivity index (χ3v) is 8.00. The number of hydrogen-bond donors (Lipinski definition) is 3. The Morgan fingerprint density at radius 3 is 2.48 bits per heavy atom. The van der Waals surface area contributed by atoms with E-state index in [0.29, 0.717) is 67.6 Å². The second-order valence-corrected chi connectivity index (χ2v) is 12.4. The Bertz CT molecular complexity index is 1390. The Morgan fingerprint density at radius 1 is 1.20 bits per heavy atom. The first-order valence-corrected chi connectivity index (χ1v) is 15.6. The molecule has 3 unspecified atom stereocenters. The van der Waals surface area contributed by atoms with Gasteiger partial charge in [0.25, 0.3) is 5.91 Å².